The first kappa shape index (κ1) is 33.9. The molecular weight excluding hydrogens is 732 g/mol. The summed E-state index contributed by atoms with van der Waals surface area (Å²) in [6.45, 7) is 0. The zero-order valence-corrected chi connectivity index (χ0v) is 30.3. The average Bonchev–Trinajstić information content (AvgIpc) is 3.04. The van der Waals surface area contributed by atoms with Crippen LogP contribution in [0.25, 0.3) is 0 Å². The molecule has 7 heteroatoms. The fourth-order valence-electron chi connectivity index (χ4n) is 4.63. The predicted molar refractivity (Wildman–Crippen MR) is 196 cm³/mol. The Morgan fingerprint density at radius 1 is 0.256 bits per heavy atom. The van der Waals surface area contributed by atoms with Gasteiger partial charge >= 0.3 is 49.6 Å². The molecule has 0 bridgehead atoms. The first-order valence-electron chi connectivity index (χ1n) is 13.6. The molecule has 0 saturated heterocycles. The maximum atomic E-state index is 5.02. The van der Waals surface area contributed by atoms with Crippen molar-refractivity contribution < 1.29 is 11.9 Å². The maximum Gasteiger partial charge on any atom is 0.102 e. The quantitative estimate of drug-likeness (QED) is 0.117. The third kappa shape index (κ3) is 11.8. The summed E-state index contributed by atoms with van der Waals surface area (Å²) in [7, 11) is 18.3. The standard InChI is InChI=1S/2C18H15P.4ClH.Mo/c2*1-4-10-16(11-5-1)19(17-12-6-2-7-13-17)18-14-8-3-9-15-18;;;;;/h2*1-15H;4*1H;/q;;;;;;+4/p-2. The molecule has 6 rings (SSSR count). The topological polar surface area (TPSA) is 0 Å². The first-order valence-corrected chi connectivity index (χ1v) is 26.9. The Bertz CT molecular complexity index is 1280. The molecular formula is C36H32Cl4MoP2+2. The zero-order chi connectivity index (χ0) is 30.3. The number of halogens is 4. The van der Waals surface area contributed by atoms with Crippen molar-refractivity contribution in [1.29, 1.82) is 0 Å². The number of hydrogen-bond acceptors (Lipinski definition) is 0. The molecule has 0 amide bonds. The van der Waals surface area contributed by atoms with E-state index in [1.165, 1.54) is 31.8 Å². The molecule has 0 unspecified atom stereocenters. The fourth-order valence-corrected chi connectivity index (χ4v) is 9.78. The second kappa shape index (κ2) is 18.1. The molecule has 0 nitrogen and oxygen atoms in total. The van der Waals surface area contributed by atoms with Crippen LogP contribution in [0.3, 0.4) is 0 Å². The Hall–Kier alpha value is -1.97. The second-order valence-electron chi connectivity index (χ2n) is 9.30. The molecule has 0 aliphatic heterocycles. The zero-order valence-electron chi connectivity index (χ0n) is 23.2. The Morgan fingerprint density at radius 2 is 0.372 bits per heavy atom. The minimum atomic E-state index is -3.13. The Balaban J connectivity index is 0.000000171. The molecule has 43 heavy (non-hydrogen) atoms. The van der Waals surface area contributed by atoms with Crippen molar-refractivity contribution in [3.05, 3.63) is 182 Å². The van der Waals surface area contributed by atoms with Gasteiger partial charge in [0.2, 0.25) is 0 Å². The summed E-state index contributed by atoms with van der Waals surface area (Å²) in [5.41, 5.74) is 0. The Morgan fingerprint density at radius 3 is 0.488 bits per heavy atom. The molecule has 6 aromatic carbocycles. The molecule has 0 atom stereocenters. The number of benzene rings is 6. The van der Waals surface area contributed by atoms with Gasteiger partial charge in [-0.3, -0.25) is 0 Å². The largest absolute Gasteiger partial charge is 0.102 e. The third-order valence-corrected chi connectivity index (χ3v) is 11.8. The van der Waals surface area contributed by atoms with E-state index in [0.717, 1.165) is 0 Å². The third-order valence-electron chi connectivity index (χ3n) is 6.37. The molecule has 0 spiro atoms. The van der Waals surface area contributed by atoms with Gasteiger partial charge < -0.3 is 0 Å². The molecule has 0 radical (unpaired) electrons. The molecule has 0 fully saturated rings. The van der Waals surface area contributed by atoms with E-state index >= 15 is 0 Å². The number of hydrogen-bond donors (Lipinski definition) is 0. The molecule has 218 valence electrons. The smallest absolute Gasteiger partial charge is 0.0620 e. The van der Waals surface area contributed by atoms with Gasteiger partial charge in [-0.2, -0.15) is 0 Å². The van der Waals surface area contributed by atoms with Crippen LogP contribution in [0.5, 0.6) is 0 Å². The van der Waals surface area contributed by atoms with E-state index in [9.17, 15) is 0 Å². The summed E-state index contributed by atoms with van der Waals surface area (Å²) in [6.07, 6.45) is 0. The van der Waals surface area contributed by atoms with E-state index in [4.69, 9.17) is 37.7 Å². The van der Waals surface area contributed by atoms with Crippen LogP contribution < -0.4 is 31.8 Å². The maximum absolute atomic E-state index is 5.02. The van der Waals surface area contributed by atoms with Gasteiger partial charge in [0, 0.05) is 0 Å². The van der Waals surface area contributed by atoms with Crippen LogP contribution in [0.4, 0.5) is 0 Å². The van der Waals surface area contributed by atoms with E-state index in [1.807, 2.05) is 0 Å². The summed E-state index contributed by atoms with van der Waals surface area (Å²) in [5.74, 6) is 0. The van der Waals surface area contributed by atoms with Gasteiger partial charge in [0.1, 0.15) is 31.8 Å². The van der Waals surface area contributed by atoms with Gasteiger partial charge in [-0.1, -0.05) is 109 Å². The summed E-state index contributed by atoms with van der Waals surface area (Å²) in [4.78, 5) is 0. The van der Waals surface area contributed by atoms with Gasteiger partial charge in [0.05, 0.1) is 15.8 Å². The number of rotatable bonds is 6. The van der Waals surface area contributed by atoms with Crippen LogP contribution >= 0.6 is 53.5 Å². The van der Waals surface area contributed by atoms with Crippen LogP contribution in [0, 0.1) is 0 Å². The van der Waals surface area contributed by atoms with E-state index in [0.29, 0.717) is 0 Å². The Labute approximate surface area is 277 Å². The van der Waals surface area contributed by atoms with Gasteiger partial charge in [0.25, 0.3) is 0 Å². The van der Waals surface area contributed by atoms with Crippen molar-refractivity contribution in [1.82, 2.24) is 0 Å². The molecule has 6 aromatic rings. The Kier molecular flexibility index (Phi) is 14.3. The predicted octanol–water partition coefficient (Wildman–Crippen LogP) is 9.11. The normalized spacial score (nSPS) is 11.1. The minimum absolute atomic E-state index is 0.877. The van der Waals surface area contributed by atoms with Crippen molar-refractivity contribution in [2.24, 2.45) is 0 Å². The van der Waals surface area contributed by atoms with Crippen molar-refractivity contribution >= 4 is 85.3 Å². The second-order valence-corrected chi connectivity index (χ2v) is 32.5. The van der Waals surface area contributed by atoms with Gasteiger partial charge in [-0.15, -0.1) is 0 Å². The van der Waals surface area contributed by atoms with Crippen molar-refractivity contribution in [3.63, 3.8) is 0 Å². The van der Waals surface area contributed by atoms with E-state index in [2.05, 4.69) is 182 Å². The molecule has 0 aliphatic carbocycles. The fraction of sp³-hybridized carbons (Fsp3) is 0. The molecule has 0 saturated carbocycles. The molecule has 0 heterocycles. The van der Waals surface area contributed by atoms with Gasteiger partial charge in [0.15, 0.2) is 0 Å². The first-order chi connectivity index (χ1) is 20.9. The summed E-state index contributed by atoms with van der Waals surface area (Å²) in [6, 6.07) is 65.0. The molecule has 0 aliphatic rings. The van der Waals surface area contributed by atoms with E-state index < -0.39 is 27.7 Å². The van der Waals surface area contributed by atoms with Crippen LogP contribution in [0.2, 0.25) is 0 Å². The summed E-state index contributed by atoms with van der Waals surface area (Å²) >= 11 is -3.13. The van der Waals surface area contributed by atoms with E-state index in [1.54, 1.807) is 0 Å². The van der Waals surface area contributed by atoms with Crippen LogP contribution in [0.1, 0.15) is 0 Å². The average molecular weight is 764 g/mol. The SMILES string of the molecule is [Cl][Mo]([Cl])([Cl])[Cl].c1ccc([PH+](c2ccccc2)c2ccccc2)cc1.c1ccc([PH+](c2ccccc2)c2ccccc2)cc1. The van der Waals surface area contributed by atoms with Crippen LogP contribution in [0.15, 0.2) is 182 Å². The van der Waals surface area contributed by atoms with Gasteiger partial charge in [-0.05, 0) is 72.8 Å². The van der Waals surface area contributed by atoms with Crippen molar-refractivity contribution in [2.45, 2.75) is 0 Å². The van der Waals surface area contributed by atoms with Gasteiger partial charge in [-0.25, -0.2) is 0 Å². The van der Waals surface area contributed by atoms with Crippen molar-refractivity contribution in [3.8, 4) is 0 Å². The van der Waals surface area contributed by atoms with E-state index in [-0.39, 0.29) is 0 Å². The minimum Gasteiger partial charge on any atom is -0.0620 e. The summed E-state index contributed by atoms with van der Waals surface area (Å²) in [5, 5.41) is 8.61. The van der Waals surface area contributed by atoms with Crippen molar-refractivity contribution in [2.75, 3.05) is 0 Å². The van der Waals surface area contributed by atoms with Crippen LogP contribution in [-0.4, -0.2) is 0 Å². The summed E-state index contributed by atoms with van der Waals surface area (Å²) < 4.78 is 0. The van der Waals surface area contributed by atoms with Crippen LogP contribution in [-0.2, 0) is 11.9 Å². The monoisotopic (exact) mass is 764 g/mol. The molecule has 0 aromatic heterocycles. The molecule has 0 N–H and O–H groups in total.